The minimum Gasteiger partial charge on any atom is -0.481 e. The van der Waals surface area contributed by atoms with E-state index in [4.69, 9.17) is 9.47 Å². The molecule has 5 N–H and O–H groups in total. The molecule has 6 saturated carbocycles. The highest BCUT2D eigenvalue weighted by molar-refractivity contribution is 5.86. The molecule has 0 aliphatic heterocycles. The Hall–Kier alpha value is -2.84. The summed E-state index contributed by atoms with van der Waals surface area (Å²) in [5, 5.41) is 46.8. The van der Waals surface area contributed by atoms with Gasteiger partial charge in [-0.2, -0.15) is 0 Å². The van der Waals surface area contributed by atoms with E-state index in [0.29, 0.717) is 24.7 Å². The molecule has 0 aromatic carbocycles. The monoisotopic (exact) mass is 803 g/mol. The SMILES string of the molecule is CC(C)(C1CCC(OC2CCC(NC(=O)C3CC(O)CCC3C(=O)O)CC2)CC1)C1CCC(OC2CCC(NC(=O)C3CC([N+](=O)[O-])CCC3C(=O)O)CC2)CC1. The summed E-state index contributed by atoms with van der Waals surface area (Å²) in [6.07, 6.45) is 17.1. The van der Waals surface area contributed by atoms with E-state index in [1.165, 1.54) is 12.8 Å². The number of aliphatic hydroxyl groups excluding tert-OH is 1. The van der Waals surface area contributed by atoms with Crippen LogP contribution in [0.1, 0.15) is 155 Å². The molecule has 0 radical (unpaired) electrons. The third-order valence-corrected chi connectivity index (χ3v) is 15.5. The van der Waals surface area contributed by atoms with Crippen molar-refractivity contribution in [2.75, 3.05) is 0 Å². The van der Waals surface area contributed by atoms with Crippen LogP contribution >= 0.6 is 0 Å². The molecule has 14 heteroatoms. The molecule has 57 heavy (non-hydrogen) atoms. The van der Waals surface area contributed by atoms with Crippen LogP contribution in [0.25, 0.3) is 0 Å². The molecule has 322 valence electrons. The van der Waals surface area contributed by atoms with E-state index in [1.807, 2.05) is 0 Å². The standard InChI is InChI=1S/C43H69N3O11/c1-43(2,26-5-15-32(16-6-26)57-34-19-9-28(10-20-34)45-40(49)38-24-30(47)12-22-36(38)42(52)53)25-3-13-31(14-4-25)56-33-17-7-27(8-18-33)44-39(48)37-23-29(46(54)55)11-21-35(37)41(50)51/h25-38,47H,3-24H2,1-2H3,(H,44,48)(H,45,49)(H,50,51)(H,52,53). The van der Waals surface area contributed by atoms with Crippen LogP contribution < -0.4 is 10.6 Å². The Labute approximate surface area is 337 Å². The number of nitro groups is 1. The fourth-order valence-electron chi connectivity index (χ4n) is 11.7. The molecule has 0 bridgehead atoms. The summed E-state index contributed by atoms with van der Waals surface area (Å²) in [5.74, 6) is -4.44. The van der Waals surface area contributed by atoms with Crippen LogP contribution in [-0.4, -0.2) is 92.6 Å². The van der Waals surface area contributed by atoms with Crippen molar-refractivity contribution in [3.05, 3.63) is 10.1 Å². The molecule has 6 aliphatic rings. The third-order valence-electron chi connectivity index (χ3n) is 15.5. The molecule has 6 unspecified atom stereocenters. The zero-order valence-corrected chi connectivity index (χ0v) is 34.2. The van der Waals surface area contributed by atoms with Crippen LogP contribution in [0.3, 0.4) is 0 Å². The molecular weight excluding hydrogens is 734 g/mol. The first-order valence-electron chi connectivity index (χ1n) is 22.4. The van der Waals surface area contributed by atoms with E-state index in [-0.39, 0.29) is 84.3 Å². The molecular formula is C43H69N3O11. The van der Waals surface area contributed by atoms with Crippen LogP contribution in [0, 0.1) is 51.0 Å². The summed E-state index contributed by atoms with van der Waals surface area (Å²) in [7, 11) is 0. The number of aliphatic carboxylic acids is 2. The molecule has 2 amide bonds. The number of hydrogen-bond acceptors (Lipinski definition) is 9. The second kappa shape index (κ2) is 19.5. The van der Waals surface area contributed by atoms with Gasteiger partial charge in [0.2, 0.25) is 17.9 Å². The molecule has 6 rings (SSSR count). The Morgan fingerprint density at radius 3 is 1.30 bits per heavy atom. The minimum atomic E-state index is -1.06. The lowest BCUT2D eigenvalue weighted by Gasteiger charge is -2.47. The Morgan fingerprint density at radius 1 is 0.544 bits per heavy atom. The van der Waals surface area contributed by atoms with E-state index in [9.17, 15) is 44.6 Å². The molecule has 6 atom stereocenters. The second-order valence-electron chi connectivity index (χ2n) is 19.3. The fraction of sp³-hybridized carbons (Fsp3) is 0.907. The van der Waals surface area contributed by atoms with E-state index < -0.39 is 47.8 Å². The van der Waals surface area contributed by atoms with Gasteiger partial charge in [0.15, 0.2) is 0 Å². The van der Waals surface area contributed by atoms with Crippen molar-refractivity contribution < 1.29 is 48.9 Å². The van der Waals surface area contributed by atoms with Crippen molar-refractivity contribution in [3.63, 3.8) is 0 Å². The number of carbonyl (C=O) groups is 4. The van der Waals surface area contributed by atoms with Crippen molar-refractivity contribution >= 4 is 23.8 Å². The first-order chi connectivity index (χ1) is 27.2. The first kappa shape index (κ1) is 43.7. The summed E-state index contributed by atoms with van der Waals surface area (Å²) in [6.45, 7) is 4.93. The van der Waals surface area contributed by atoms with Crippen molar-refractivity contribution in [1.29, 1.82) is 0 Å². The predicted octanol–water partition coefficient (Wildman–Crippen LogP) is 6.03. The van der Waals surface area contributed by atoms with E-state index >= 15 is 0 Å². The second-order valence-corrected chi connectivity index (χ2v) is 19.3. The normalized spacial score (nSPS) is 39.4. The van der Waals surface area contributed by atoms with Gasteiger partial charge in [0.05, 0.1) is 54.2 Å². The van der Waals surface area contributed by atoms with Gasteiger partial charge in [-0.05, 0) is 146 Å². The summed E-state index contributed by atoms with van der Waals surface area (Å²) in [5.41, 5.74) is 0.244. The molecule has 6 aliphatic carbocycles. The molecule has 0 saturated heterocycles. The maximum absolute atomic E-state index is 13.1. The van der Waals surface area contributed by atoms with Crippen molar-refractivity contribution in [3.8, 4) is 0 Å². The number of amides is 2. The van der Waals surface area contributed by atoms with Gasteiger partial charge in [0.1, 0.15) is 0 Å². The van der Waals surface area contributed by atoms with Crippen LogP contribution in [0.15, 0.2) is 0 Å². The minimum absolute atomic E-state index is 0.0228. The van der Waals surface area contributed by atoms with Gasteiger partial charge in [-0.1, -0.05) is 13.8 Å². The maximum Gasteiger partial charge on any atom is 0.307 e. The van der Waals surface area contributed by atoms with Gasteiger partial charge in [0, 0.05) is 29.8 Å². The number of carbonyl (C=O) groups excluding carboxylic acids is 2. The van der Waals surface area contributed by atoms with Gasteiger partial charge in [0.25, 0.3) is 0 Å². The lowest BCUT2D eigenvalue weighted by molar-refractivity contribution is -0.528. The number of nitrogens with one attached hydrogen (secondary N) is 2. The summed E-state index contributed by atoms with van der Waals surface area (Å²) in [4.78, 5) is 60.6. The van der Waals surface area contributed by atoms with Crippen LogP contribution in [0.4, 0.5) is 0 Å². The topological polar surface area (TPSA) is 215 Å². The lowest BCUT2D eigenvalue weighted by Crippen LogP contribution is -2.48. The van der Waals surface area contributed by atoms with Gasteiger partial charge >= 0.3 is 11.9 Å². The van der Waals surface area contributed by atoms with Crippen molar-refractivity contribution in [1.82, 2.24) is 10.6 Å². The number of hydrogen-bond donors (Lipinski definition) is 5. The quantitative estimate of drug-likeness (QED) is 0.107. The van der Waals surface area contributed by atoms with E-state index in [1.54, 1.807) is 0 Å². The number of nitrogens with zero attached hydrogens (tertiary/aromatic N) is 1. The van der Waals surface area contributed by atoms with Crippen molar-refractivity contribution in [2.24, 2.45) is 40.9 Å². The molecule has 14 nitrogen and oxygen atoms in total. The number of carboxylic acids is 2. The smallest absolute Gasteiger partial charge is 0.307 e. The Kier molecular flexibility index (Phi) is 14.9. The van der Waals surface area contributed by atoms with E-state index in [2.05, 4.69) is 24.5 Å². The average Bonchev–Trinajstić information content (AvgIpc) is 3.19. The highest BCUT2D eigenvalue weighted by Crippen LogP contribution is 2.49. The highest BCUT2D eigenvalue weighted by atomic mass is 16.6. The van der Waals surface area contributed by atoms with Crippen LogP contribution in [0.2, 0.25) is 0 Å². The molecule has 0 aromatic heterocycles. The van der Waals surface area contributed by atoms with Crippen molar-refractivity contribution in [2.45, 2.75) is 204 Å². The van der Waals surface area contributed by atoms with Gasteiger partial charge in [-0.3, -0.25) is 29.3 Å². The molecule has 0 heterocycles. The van der Waals surface area contributed by atoms with E-state index in [0.717, 1.165) is 89.9 Å². The maximum atomic E-state index is 13.1. The first-order valence-corrected chi connectivity index (χ1v) is 22.4. The Bertz CT molecular complexity index is 1390. The zero-order chi connectivity index (χ0) is 40.9. The lowest BCUT2D eigenvalue weighted by atomic mass is 9.60. The molecule has 0 spiro atoms. The largest absolute Gasteiger partial charge is 0.481 e. The zero-order valence-electron chi connectivity index (χ0n) is 34.2. The molecule has 0 aromatic rings. The highest BCUT2D eigenvalue weighted by Gasteiger charge is 2.45. The number of ether oxygens (including phenoxy) is 2. The number of aliphatic hydroxyl groups is 1. The fourth-order valence-corrected chi connectivity index (χ4v) is 11.7. The third kappa shape index (κ3) is 11.3. The summed E-state index contributed by atoms with van der Waals surface area (Å²) >= 11 is 0. The number of carboxylic acid groups (broad SMARTS) is 2. The van der Waals surface area contributed by atoms with Crippen LogP contribution in [0.5, 0.6) is 0 Å². The number of rotatable bonds is 13. The van der Waals surface area contributed by atoms with Gasteiger partial charge in [-0.15, -0.1) is 0 Å². The predicted molar refractivity (Wildman–Crippen MR) is 210 cm³/mol. The van der Waals surface area contributed by atoms with Gasteiger partial charge < -0.3 is 35.4 Å². The Morgan fingerprint density at radius 2 is 0.912 bits per heavy atom. The summed E-state index contributed by atoms with van der Waals surface area (Å²) < 4.78 is 13.3. The van der Waals surface area contributed by atoms with Gasteiger partial charge in [-0.25, -0.2) is 0 Å². The molecule has 6 fully saturated rings. The average molecular weight is 804 g/mol. The van der Waals surface area contributed by atoms with Crippen LogP contribution in [-0.2, 0) is 28.7 Å². The summed E-state index contributed by atoms with van der Waals surface area (Å²) in [6, 6.07) is -0.906. The Balaban J connectivity index is 0.852.